The number of nitrogens with zero attached hydrogens (tertiary/aromatic N) is 3. The van der Waals surface area contributed by atoms with Crippen molar-refractivity contribution in [1.82, 2.24) is 5.32 Å². The second-order valence-corrected chi connectivity index (χ2v) is 27.9. The summed E-state index contributed by atoms with van der Waals surface area (Å²) in [6.45, 7) is 12.3. The van der Waals surface area contributed by atoms with Crippen LogP contribution < -0.4 is 5.32 Å². The van der Waals surface area contributed by atoms with E-state index in [0.717, 1.165) is 33.4 Å². The number of phosphoric ester groups is 1. The molecule has 3 aliphatic heterocycles. The van der Waals surface area contributed by atoms with Gasteiger partial charge in [-0.25, -0.2) is 14.2 Å². The van der Waals surface area contributed by atoms with Gasteiger partial charge in [0.05, 0.1) is 45.7 Å². The lowest BCUT2D eigenvalue weighted by Gasteiger charge is -2.48. The Labute approximate surface area is 472 Å². The van der Waals surface area contributed by atoms with Crippen LogP contribution in [0.25, 0.3) is 21.6 Å². The van der Waals surface area contributed by atoms with Crippen LogP contribution in [-0.4, -0.2) is 113 Å². The molecular formula is C59H69N4O16PSi. The third-order valence-corrected chi connectivity index (χ3v) is 20.9. The number of phosphoric acid groups is 1. The zero-order valence-electron chi connectivity index (χ0n) is 45.9. The predicted molar refractivity (Wildman–Crippen MR) is 299 cm³/mol. The van der Waals surface area contributed by atoms with Gasteiger partial charge >= 0.3 is 20.1 Å². The lowest BCUT2D eigenvalue weighted by molar-refractivity contribution is -0.299. The van der Waals surface area contributed by atoms with Crippen LogP contribution in [0.1, 0.15) is 60.1 Å². The molecule has 0 bridgehead atoms. The Morgan fingerprint density at radius 1 is 0.753 bits per heavy atom. The number of alkyl carbamates (subject to hydrolysis) is 1. The SMILES string of the molecule is C=CCOC(=O)O[C@@H]1[C@@H](NC(=O)OCC2c3ccccc3-c3ccccc32)[C@H](OC[C@H]2O[C@H](O[Si](C)(C)C(C)(C)C)[C@H](N=[N+]=[N-])[C@@H](O)[C@@H]2OCc2ccccc2)O[C@H](COCc2ccccc2)[C@H]1OP1(=O)OCc2ccccc2CO1. The average molecular weight is 1150 g/mol. The number of benzene rings is 5. The Morgan fingerprint density at radius 2 is 1.32 bits per heavy atom. The van der Waals surface area contributed by atoms with Crippen LogP contribution in [0.3, 0.4) is 0 Å². The van der Waals surface area contributed by atoms with Crippen molar-refractivity contribution >= 4 is 28.4 Å². The van der Waals surface area contributed by atoms with Crippen molar-refractivity contribution < 1.29 is 75.2 Å². The molecule has 1 amide bonds. The van der Waals surface area contributed by atoms with E-state index < -0.39 is 96.3 Å². The van der Waals surface area contributed by atoms with Gasteiger partial charge in [0.15, 0.2) is 27.0 Å². The number of azide groups is 1. The summed E-state index contributed by atoms with van der Waals surface area (Å²) in [7, 11) is -7.34. The summed E-state index contributed by atoms with van der Waals surface area (Å²) in [5.74, 6) is -0.349. The lowest BCUT2D eigenvalue weighted by Crippen LogP contribution is -2.67. The highest BCUT2D eigenvalue weighted by Gasteiger charge is 2.56. The van der Waals surface area contributed by atoms with Crippen LogP contribution in [0.15, 0.2) is 151 Å². The summed E-state index contributed by atoms with van der Waals surface area (Å²) in [5, 5.41) is 18.7. The van der Waals surface area contributed by atoms with Crippen LogP contribution in [0.2, 0.25) is 18.1 Å². The molecule has 2 fully saturated rings. The zero-order valence-corrected chi connectivity index (χ0v) is 47.7. The fourth-order valence-corrected chi connectivity index (χ4v) is 12.3. The molecule has 81 heavy (non-hydrogen) atoms. The lowest BCUT2D eigenvalue weighted by atomic mass is 9.96. The third kappa shape index (κ3) is 14.5. The minimum atomic E-state index is -4.62. The van der Waals surface area contributed by atoms with E-state index in [1.54, 1.807) is 12.1 Å². The first-order chi connectivity index (χ1) is 39.0. The molecule has 0 spiro atoms. The van der Waals surface area contributed by atoms with E-state index in [1.807, 2.05) is 155 Å². The molecule has 5 aromatic carbocycles. The molecule has 1 aliphatic carbocycles. The van der Waals surface area contributed by atoms with E-state index in [0.29, 0.717) is 11.1 Å². The number of rotatable bonds is 21. The number of hydrogen-bond donors (Lipinski definition) is 2. The molecule has 22 heteroatoms. The van der Waals surface area contributed by atoms with Gasteiger partial charge in [-0.3, -0.25) is 13.6 Å². The Bertz CT molecular complexity index is 2960. The first kappa shape index (κ1) is 59.4. The largest absolute Gasteiger partial charge is 0.509 e. The van der Waals surface area contributed by atoms with Crippen LogP contribution in [0.4, 0.5) is 9.59 Å². The number of fused-ring (bicyclic) bond motifs is 4. The standard InChI is InChI=1S/C59H69N4O16PSi/c1-7-30-69-58(66)77-54-50(61-57(65)72-35-46-44-28-18-16-26-42(44)43-27-17-19-29-45(43)46)55(75-47(36-68-31-38-20-10-8-11-21-38)53(54)78-80(67)73-33-40-24-14-15-25-41(40)34-74-80)71-37-48-52(70-32-39-22-12-9-13-23-39)51(64)49(62-63-60)56(76-48)79-81(5,6)59(2,3)4/h7-29,46-56,64H,1,30-37H2,2-6H3,(H,61,65)/t47-,48-,49-,50-,51-,52-,53-,54-,55-,56-/m1/s1. The minimum Gasteiger partial charge on any atom is -0.449 e. The quantitative estimate of drug-likeness (QED) is 0.0132. The predicted octanol–water partition coefficient (Wildman–Crippen LogP) is 11.2. The van der Waals surface area contributed by atoms with E-state index in [1.165, 1.54) is 6.08 Å². The summed E-state index contributed by atoms with van der Waals surface area (Å²) in [6.07, 6.45) is -12.4. The van der Waals surface area contributed by atoms with Crippen molar-refractivity contribution in [2.45, 2.75) is 133 Å². The summed E-state index contributed by atoms with van der Waals surface area (Å²) >= 11 is 0. The molecule has 3 heterocycles. The van der Waals surface area contributed by atoms with Gasteiger partial charge in [0.25, 0.3) is 0 Å². The van der Waals surface area contributed by atoms with Crippen molar-refractivity contribution in [3.8, 4) is 11.1 Å². The Morgan fingerprint density at radius 3 is 1.93 bits per heavy atom. The maximum absolute atomic E-state index is 14.9. The van der Waals surface area contributed by atoms with E-state index in [-0.39, 0.29) is 57.2 Å². The smallest absolute Gasteiger partial charge is 0.449 e. The Balaban J connectivity index is 1.08. The van der Waals surface area contributed by atoms with Crippen molar-refractivity contribution in [1.29, 1.82) is 0 Å². The monoisotopic (exact) mass is 1150 g/mol. The normalized spacial score (nSPS) is 25.2. The number of hydrogen-bond acceptors (Lipinski definition) is 17. The number of amides is 1. The van der Waals surface area contributed by atoms with Gasteiger partial charge < -0.3 is 52.7 Å². The Kier molecular flexibility index (Phi) is 19.6. The number of carbonyl (C=O) groups excluding carboxylic acids is 2. The average Bonchev–Trinajstić information content (AvgIpc) is 3.73. The van der Waals surface area contributed by atoms with Crippen LogP contribution >= 0.6 is 7.82 Å². The molecule has 5 aromatic rings. The maximum atomic E-state index is 14.9. The highest BCUT2D eigenvalue weighted by Crippen LogP contribution is 2.55. The van der Waals surface area contributed by atoms with Crippen molar-refractivity contribution in [2.24, 2.45) is 5.11 Å². The van der Waals surface area contributed by atoms with Gasteiger partial charge in [0, 0.05) is 10.8 Å². The summed E-state index contributed by atoms with van der Waals surface area (Å²) < 4.78 is 90.6. The molecule has 0 saturated carbocycles. The third-order valence-electron chi connectivity index (χ3n) is 15.1. The molecule has 20 nitrogen and oxygen atoms in total. The first-order valence-electron chi connectivity index (χ1n) is 26.8. The van der Waals surface area contributed by atoms with E-state index >= 15 is 0 Å². The number of aliphatic hydroxyl groups excluding tert-OH is 1. The molecule has 0 radical (unpaired) electrons. The zero-order chi connectivity index (χ0) is 57.2. The maximum Gasteiger partial charge on any atom is 0.509 e. The molecule has 2 saturated heterocycles. The number of carbonyl (C=O) groups is 2. The second-order valence-electron chi connectivity index (χ2n) is 21.5. The van der Waals surface area contributed by atoms with E-state index in [4.69, 9.17) is 55.9 Å². The van der Waals surface area contributed by atoms with Crippen molar-refractivity contribution in [3.63, 3.8) is 0 Å². The molecular weight excluding hydrogens is 1080 g/mol. The fraction of sp³-hybridized carbons (Fsp3) is 0.424. The van der Waals surface area contributed by atoms with Gasteiger partial charge in [0.2, 0.25) is 0 Å². The van der Waals surface area contributed by atoms with Gasteiger partial charge in [-0.05, 0) is 68.2 Å². The molecule has 10 atom stereocenters. The molecule has 4 aliphatic rings. The highest BCUT2D eigenvalue weighted by atomic mass is 31.2. The van der Waals surface area contributed by atoms with Crippen LogP contribution in [0, 0.1) is 0 Å². The topological polar surface area (TPSA) is 243 Å². The van der Waals surface area contributed by atoms with E-state index in [9.17, 15) is 24.8 Å². The van der Waals surface area contributed by atoms with Crippen LogP contribution in [-0.2, 0) is 86.9 Å². The van der Waals surface area contributed by atoms with Crippen molar-refractivity contribution in [3.05, 3.63) is 190 Å². The van der Waals surface area contributed by atoms with Gasteiger partial charge in [-0.1, -0.05) is 172 Å². The summed E-state index contributed by atoms with van der Waals surface area (Å²) in [5.41, 5.74) is 16.7. The first-order valence-corrected chi connectivity index (χ1v) is 31.2. The highest BCUT2D eigenvalue weighted by molar-refractivity contribution is 7.48. The molecule has 9 rings (SSSR count). The molecule has 430 valence electrons. The fourth-order valence-electron chi connectivity index (χ4n) is 9.85. The second kappa shape index (κ2) is 26.8. The number of nitrogens with one attached hydrogen (secondary N) is 1. The molecule has 2 N–H and O–H groups in total. The van der Waals surface area contributed by atoms with Gasteiger partial charge in [-0.2, -0.15) is 0 Å². The minimum absolute atomic E-state index is 0.00290. The van der Waals surface area contributed by atoms with Crippen LogP contribution in [0.5, 0.6) is 0 Å². The molecule has 0 unspecified atom stereocenters. The Hall–Kier alpha value is -6.26. The summed E-state index contributed by atoms with van der Waals surface area (Å²) in [4.78, 5) is 31.6. The summed E-state index contributed by atoms with van der Waals surface area (Å²) in [6, 6.07) is 38.7. The van der Waals surface area contributed by atoms with Crippen molar-refractivity contribution in [2.75, 3.05) is 26.4 Å². The van der Waals surface area contributed by atoms with Gasteiger partial charge in [-0.15, -0.1) is 0 Å². The number of aliphatic hydroxyl groups is 1. The number of ether oxygens (including phenoxy) is 8. The molecule has 0 aromatic heterocycles. The van der Waals surface area contributed by atoms with Gasteiger partial charge in [0.1, 0.15) is 49.7 Å². The van der Waals surface area contributed by atoms with E-state index in [2.05, 4.69) is 21.9 Å².